The zero-order valence-electron chi connectivity index (χ0n) is 14.9. The van der Waals surface area contributed by atoms with Gasteiger partial charge in [-0.05, 0) is 37.1 Å². The molecule has 1 heterocycles. The molecule has 2 aromatic carbocycles. The number of amides is 1. The summed E-state index contributed by atoms with van der Waals surface area (Å²) < 4.78 is 11.4. The predicted octanol–water partition coefficient (Wildman–Crippen LogP) is 3.81. The Balaban J connectivity index is 1.47. The van der Waals surface area contributed by atoms with Crippen LogP contribution in [0.25, 0.3) is 10.2 Å². The van der Waals surface area contributed by atoms with E-state index in [4.69, 9.17) is 9.47 Å². The average molecular weight is 384 g/mol. The molecule has 0 aliphatic heterocycles. The topological polar surface area (TPSA) is 77.5 Å². The number of ether oxygens (including phenoxy) is 2. The van der Waals surface area contributed by atoms with Crippen molar-refractivity contribution in [1.82, 2.24) is 4.98 Å². The lowest BCUT2D eigenvalue weighted by atomic mass is 10.1. The van der Waals surface area contributed by atoms with Crippen molar-refractivity contribution in [2.24, 2.45) is 0 Å². The smallest absolute Gasteiger partial charge is 0.306 e. The highest BCUT2D eigenvalue weighted by Crippen LogP contribution is 2.29. The van der Waals surface area contributed by atoms with Gasteiger partial charge in [0, 0.05) is 6.42 Å². The van der Waals surface area contributed by atoms with Crippen LogP contribution in [0, 0.1) is 0 Å². The molecule has 0 aliphatic rings. The summed E-state index contributed by atoms with van der Waals surface area (Å²) in [5.74, 6) is -0.0503. The molecule has 27 heavy (non-hydrogen) atoms. The van der Waals surface area contributed by atoms with E-state index in [1.807, 2.05) is 55.5 Å². The number of anilines is 1. The first kappa shape index (κ1) is 18.8. The summed E-state index contributed by atoms with van der Waals surface area (Å²) in [7, 11) is 0. The molecule has 0 spiro atoms. The molecule has 1 aromatic heterocycles. The number of carbonyl (C=O) groups is 2. The van der Waals surface area contributed by atoms with Gasteiger partial charge < -0.3 is 9.47 Å². The van der Waals surface area contributed by atoms with Crippen molar-refractivity contribution in [1.29, 1.82) is 0 Å². The van der Waals surface area contributed by atoms with Gasteiger partial charge >= 0.3 is 5.97 Å². The van der Waals surface area contributed by atoms with Gasteiger partial charge in [-0.25, -0.2) is 4.98 Å². The van der Waals surface area contributed by atoms with Gasteiger partial charge in [0.15, 0.2) is 11.7 Å². The largest absolute Gasteiger partial charge is 0.494 e. The summed E-state index contributed by atoms with van der Waals surface area (Å²) >= 11 is 1.34. The molecule has 6 nitrogen and oxygen atoms in total. The van der Waals surface area contributed by atoms with Crippen molar-refractivity contribution < 1.29 is 19.1 Å². The van der Waals surface area contributed by atoms with E-state index in [1.165, 1.54) is 11.3 Å². The molecule has 3 aromatic rings. The van der Waals surface area contributed by atoms with Crippen LogP contribution in [0.1, 0.15) is 18.9 Å². The molecule has 0 aliphatic carbocycles. The summed E-state index contributed by atoms with van der Waals surface area (Å²) in [4.78, 5) is 28.1. The van der Waals surface area contributed by atoms with Crippen LogP contribution in [0.4, 0.5) is 5.13 Å². The number of nitrogens with zero attached hydrogens (tertiary/aromatic N) is 1. The monoisotopic (exact) mass is 384 g/mol. The van der Waals surface area contributed by atoms with Crippen molar-refractivity contribution in [2.75, 3.05) is 18.5 Å². The zero-order chi connectivity index (χ0) is 19.1. The van der Waals surface area contributed by atoms with Crippen LogP contribution in [0.5, 0.6) is 5.75 Å². The lowest BCUT2D eigenvalue weighted by Gasteiger charge is -2.04. The number of carbonyl (C=O) groups excluding carboxylic acids is 2. The number of esters is 1. The molecule has 0 unspecified atom stereocenters. The molecule has 0 saturated carbocycles. The minimum atomic E-state index is -0.410. The first-order valence-corrected chi connectivity index (χ1v) is 9.48. The van der Waals surface area contributed by atoms with E-state index in [-0.39, 0.29) is 13.0 Å². The lowest BCUT2D eigenvalue weighted by molar-refractivity contribution is -0.147. The lowest BCUT2D eigenvalue weighted by Crippen LogP contribution is -2.20. The Morgan fingerprint density at radius 1 is 1.15 bits per heavy atom. The second-order valence-corrected chi connectivity index (χ2v) is 6.81. The number of nitrogens with one attached hydrogen (secondary N) is 1. The van der Waals surface area contributed by atoms with Gasteiger partial charge in [-0.2, -0.15) is 0 Å². The van der Waals surface area contributed by atoms with Gasteiger partial charge in [0.1, 0.15) is 5.75 Å². The highest BCUT2D eigenvalue weighted by Gasteiger charge is 2.11. The Hall–Kier alpha value is -2.93. The Morgan fingerprint density at radius 3 is 2.74 bits per heavy atom. The number of fused-ring (bicyclic) bond motifs is 1. The van der Waals surface area contributed by atoms with Gasteiger partial charge in [-0.1, -0.05) is 41.7 Å². The van der Waals surface area contributed by atoms with Crippen LogP contribution in [-0.4, -0.2) is 30.1 Å². The third kappa shape index (κ3) is 5.52. The summed E-state index contributed by atoms with van der Waals surface area (Å²) in [6, 6.07) is 15.2. The first-order chi connectivity index (χ1) is 13.1. The Bertz CT molecular complexity index is 924. The molecule has 1 N–H and O–H groups in total. The highest BCUT2D eigenvalue weighted by molar-refractivity contribution is 7.22. The van der Waals surface area contributed by atoms with Gasteiger partial charge in [0.25, 0.3) is 5.91 Å². The second kappa shape index (κ2) is 9.14. The van der Waals surface area contributed by atoms with Gasteiger partial charge in [-0.3, -0.25) is 14.9 Å². The van der Waals surface area contributed by atoms with Gasteiger partial charge in [0.05, 0.1) is 16.8 Å². The van der Waals surface area contributed by atoms with E-state index in [2.05, 4.69) is 10.3 Å². The minimum Gasteiger partial charge on any atom is -0.494 e. The van der Waals surface area contributed by atoms with E-state index in [0.29, 0.717) is 18.2 Å². The van der Waals surface area contributed by atoms with Crippen LogP contribution < -0.4 is 10.1 Å². The van der Waals surface area contributed by atoms with Crippen molar-refractivity contribution in [3.8, 4) is 5.75 Å². The number of aryl methyl sites for hydroxylation is 1. The third-order valence-electron chi connectivity index (χ3n) is 3.74. The van der Waals surface area contributed by atoms with E-state index in [0.717, 1.165) is 21.5 Å². The van der Waals surface area contributed by atoms with E-state index < -0.39 is 11.9 Å². The van der Waals surface area contributed by atoms with Crippen LogP contribution in [0.15, 0.2) is 48.5 Å². The number of aromatic nitrogens is 1. The molecule has 0 atom stereocenters. The molecule has 0 bridgehead atoms. The number of hydrogen-bond donors (Lipinski definition) is 1. The maximum atomic E-state index is 12.0. The van der Waals surface area contributed by atoms with Crippen molar-refractivity contribution in [3.63, 3.8) is 0 Å². The molecule has 7 heteroatoms. The molecule has 0 fully saturated rings. The molecule has 1 amide bonds. The Labute approximate surface area is 161 Å². The second-order valence-electron chi connectivity index (χ2n) is 5.78. The van der Waals surface area contributed by atoms with Crippen molar-refractivity contribution in [2.45, 2.75) is 19.8 Å². The SMILES string of the molecule is CCOc1ccc2nc(NC(=O)COC(=O)CCc3ccccc3)sc2c1. The zero-order valence-corrected chi connectivity index (χ0v) is 15.8. The number of thiazole rings is 1. The van der Waals surface area contributed by atoms with Crippen LogP contribution >= 0.6 is 11.3 Å². The predicted molar refractivity (Wildman–Crippen MR) is 105 cm³/mol. The number of rotatable bonds is 8. The molecule has 0 radical (unpaired) electrons. The number of benzene rings is 2. The Morgan fingerprint density at radius 2 is 1.96 bits per heavy atom. The maximum Gasteiger partial charge on any atom is 0.306 e. The van der Waals surface area contributed by atoms with Crippen LogP contribution in [0.2, 0.25) is 0 Å². The fourth-order valence-electron chi connectivity index (χ4n) is 2.48. The average Bonchev–Trinajstić information content (AvgIpc) is 3.07. The maximum absolute atomic E-state index is 12.0. The van der Waals surface area contributed by atoms with Crippen LogP contribution in [-0.2, 0) is 20.7 Å². The van der Waals surface area contributed by atoms with E-state index >= 15 is 0 Å². The Kier molecular flexibility index (Phi) is 6.38. The summed E-state index contributed by atoms with van der Waals surface area (Å²) in [5.41, 5.74) is 1.83. The summed E-state index contributed by atoms with van der Waals surface area (Å²) in [5, 5.41) is 3.12. The van der Waals surface area contributed by atoms with Crippen molar-refractivity contribution >= 4 is 38.6 Å². The fraction of sp³-hybridized carbons (Fsp3) is 0.250. The van der Waals surface area contributed by atoms with E-state index in [1.54, 1.807) is 0 Å². The minimum absolute atomic E-state index is 0.235. The van der Waals surface area contributed by atoms with Crippen molar-refractivity contribution in [3.05, 3.63) is 54.1 Å². The van der Waals surface area contributed by atoms with Gasteiger partial charge in [0.2, 0.25) is 0 Å². The molecule has 0 saturated heterocycles. The normalized spacial score (nSPS) is 10.6. The standard InChI is InChI=1S/C20H20N2O4S/c1-2-25-15-9-10-16-17(12-15)27-20(21-16)22-18(23)13-26-19(24)11-8-14-6-4-3-5-7-14/h3-7,9-10,12H,2,8,11,13H2,1H3,(H,21,22,23). The van der Waals surface area contributed by atoms with Crippen LogP contribution in [0.3, 0.4) is 0 Å². The first-order valence-electron chi connectivity index (χ1n) is 8.67. The molecule has 140 valence electrons. The molecular weight excluding hydrogens is 364 g/mol. The fourth-order valence-corrected chi connectivity index (χ4v) is 3.39. The highest BCUT2D eigenvalue weighted by atomic mass is 32.1. The third-order valence-corrected chi connectivity index (χ3v) is 4.68. The van der Waals surface area contributed by atoms with Gasteiger partial charge in [-0.15, -0.1) is 0 Å². The van der Waals surface area contributed by atoms with E-state index in [9.17, 15) is 9.59 Å². The number of hydrogen-bond acceptors (Lipinski definition) is 6. The molecule has 3 rings (SSSR count). The quantitative estimate of drug-likeness (QED) is 0.598. The summed E-state index contributed by atoms with van der Waals surface area (Å²) in [6.45, 7) is 2.18. The molecular formula is C20H20N2O4S. The summed E-state index contributed by atoms with van der Waals surface area (Å²) in [6.07, 6.45) is 0.819.